The van der Waals surface area contributed by atoms with Crippen molar-refractivity contribution in [1.29, 1.82) is 0 Å². The number of hydrogen-bond donors (Lipinski definition) is 1. The molecule has 0 aliphatic rings. The van der Waals surface area contributed by atoms with Gasteiger partial charge in [-0.3, -0.25) is 0 Å². The van der Waals surface area contributed by atoms with Crippen LogP contribution in [0.3, 0.4) is 0 Å². The molecule has 1 N–H and O–H groups in total. The van der Waals surface area contributed by atoms with Gasteiger partial charge in [-0.15, -0.1) is 0 Å². The van der Waals surface area contributed by atoms with Crippen LogP contribution in [0.1, 0.15) is 32.8 Å². The zero-order chi connectivity index (χ0) is 13.8. The van der Waals surface area contributed by atoms with Gasteiger partial charge in [0.05, 0.1) is 0 Å². The minimum Gasteiger partial charge on any atom is -0.434 e. The number of ether oxygens (including phenoxy) is 1. The quantitative estimate of drug-likeness (QED) is 0.842. The first-order chi connectivity index (χ1) is 8.34. The van der Waals surface area contributed by atoms with Crippen LogP contribution < -0.4 is 10.1 Å². The summed E-state index contributed by atoms with van der Waals surface area (Å²) in [5, 5.41) is 3.32. The summed E-state index contributed by atoms with van der Waals surface area (Å²) in [5.74, 6) is 0.215. The molecule has 0 fully saturated rings. The van der Waals surface area contributed by atoms with E-state index in [4.69, 9.17) is 0 Å². The lowest BCUT2D eigenvalue weighted by molar-refractivity contribution is -0.0505. The maximum Gasteiger partial charge on any atom is 0.387 e. The molecule has 0 radical (unpaired) electrons. The van der Waals surface area contributed by atoms with Gasteiger partial charge in [0, 0.05) is 22.1 Å². The molecule has 0 heterocycles. The fraction of sp³-hybridized carbons (Fsp3) is 0.538. The molecule has 0 saturated heterocycles. The van der Waals surface area contributed by atoms with Crippen LogP contribution in [0.5, 0.6) is 5.75 Å². The van der Waals surface area contributed by atoms with Gasteiger partial charge in [0.1, 0.15) is 5.75 Å². The summed E-state index contributed by atoms with van der Waals surface area (Å²) in [4.78, 5) is 0. The van der Waals surface area contributed by atoms with Gasteiger partial charge in [-0.25, -0.2) is 0 Å². The van der Waals surface area contributed by atoms with Crippen LogP contribution in [-0.4, -0.2) is 12.2 Å². The predicted molar refractivity (Wildman–Crippen MR) is 72.0 cm³/mol. The third-order valence-electron chi connectivity index (χ3n) is 2.88. The fourth-order valence-electron chi connectivity index (χ4n) is 1.36. The molecule has 1 aromatic carbocycles. The normalized spacial score (nSPS) is 11.9. The van der Waals surface area contributed by atoms with Crippen molar-refractivity contribution in [3.8, 4) is 5.75 Å². The number of nitrogens with one attached hydrogen (secondary N) is 1. The van der Waals surface area contributed by atoms with Gasteiger partial charge >= 0.3 is 6.61 Å². The van der Waals surface area contributed by atoms with E-state index in [1.807, 2.05) is 0 Å². The van der Waals surface area contributed by atoms with Gasteiger partial charge in [-0.05, 0) is 38.5 Å². The molecule has 0 unspecified atom stereocenters. The first kappa shape index (κ1) is 15.4. The second-order valence-electron chi connectivity index (χ2n) is 4.72. The SMILES string of the molecule is CCC(C)(C)NCc1cc(Br)ccc1OC(F)F. The summed E-state index contributed by atoms with van der Waals surface area (Å²) in [5.41, 5.74) is 0.677. The van der Waals surface area contributed by atoms with Crippen LogP contribution in [0.4, 0.5) is 8.78 Å². The first-order valence-corrected chi connectivity index (χ1v) is 6.61. The van der Waals surface area contributed by atoms with Crippen molar-refractivity contribution in [3.05, 3.63) is 28.2 Å². The summed E-state index contributed by atoms with van der Waals surface area (Å²) in [6, 6.07) is 5.02. The van der Waals surface area contributed by atoms with Crippen molar-refractivity contribution >= 4 is 15.9 Å². The monoisotopic (exact) mass is 321 g/mol. The van der Waals surface area contributed by atoms with E-state index in [1.54, 1.807) is 18.2 Å². The Labute approximate surface area is 115 Å². The van der Waals surface area contributed by atoms with Crippen molar-refractivity contribution in [3.63, 3.8) is 0 Å². The molecule has 1 aromatic rings. The molecule has 0 aliphatic carbocycles. The number of alkyl halides is 2. The van der Waals surface area contributed by atoms with Gasteiger partial charge in [0.15, 0.2) is 0 Å². The van der Waals surface area contributed by atoms with Crippen molar-refractivity contribution in [1.82, 2.24) is 5.32 Å². The number of hydrogen-bond acceptors (Lipinski definition) is 2. The highest BCUT2D eigenvalue weighted by atomic mass is 79.9. The van der Waals surface area contributed by atoms with E-state index in [1.165, 1.54) is 0 Å². The Morgan fingerprint density at radius 3 is 2.61 bits per heavy atom. The van der Waals surface area contributed by atoms with Crippen LogP contribution in [0.15, 0.2) is 22.7 Å². The van der Waals surface area contributed by atoms with Gasteiger partial charge in [-0.1, -0.05) is 22.9 Å². The first-order valence-electron chi connectivity index (χ1n) is 5.82. The highest BCUT2D eigenvalue weighted by Crippen LogP contribution is 2.25. The predicted octanol–water partition coefficient (Wildman–Crippen LogP) is 4.33. The van der Waals surface area contributed by atoms with E-state index in [0.717, 1.165) is 10.9 Å². The van der Waals surface area contributed by atoms with E-state index in [0.29, 0.717) is 12.1 Å². The molecule has 0 atom stereocenters. The third kappa shape index (κ3) is 4.90. The molecule has 5 heteroatoms. The highest BCUT2D eigenvalue weighted by molar-refractivity contribution is 9.10. The topological polar surface area (TPSA) is 21.3 Å². The summed E-state index contributed by atoms with van der Waals surface area (Å²) < 4.78 is 29.9. The van der Waals surface area contributed by atoms with E-state index in [9.17, 15) is 8.78 Å². The van der Waals surface area contributed by atoms with Crippen LogP contribution in [0, 0.1) is 0 Å². The molecule has 0 amide bonds. The Morgan fingerprint density at radius 1 is 1.39 bits per heavy atom. The Kier molecular flexibility index (Phi) is 5.53. The Morgan fingerprint density at radius 2 is 2.06 bits per heavy atom. The number of benzene rings is 1. The molecule has 0 spiro atoms. The van der Waals surface area contributed by atoms with Crippen molar-refractivity contribution in [2.45, 2.75) is 45.9 Å². The molecule has 0 aliphatic heterocycles. The summed E-state index contributed by atoms with van der Waals surface area (Å²) >= 11 is 3.33. The molecule has 0 aromatic heterocycles. The number of halogens is 3. The standard InChI is InChI=1S/C13H18BrF2NO/c1-4-13(2,3)17-8-9-7-10(14)5-6-11(9)18-12(15)16/h5-7,12,17H,4,8H2,1-3H3. The fourth-order valence-corrected chi connectivity index (χ4v) is 1.77. The van der Waals surface area contributed by atoms with Crippen molar-refractivity contribution in [2.75, 3.05) is 0 Å². The van der Waals surface area contributed by atoms with Crippen molar-refractivity contribution < 1.29 is 13.5 Å². The van der Waals surface area contributed by atoms with Crippen LogP contribution in [0.25, 0.3) is 0 Å². The average molecular weight is 322 g/mol. The third-order valence-corrected chi connectivity index (χ3v) is 3.37. The van der Waals surface area contributed by atoms with E-state index >= 15 is 0 Å². The largest absolute Gasteiger partial charge is 0.434 e. The lowest BCUT2D eigenvalue weighted by Gasteiger charge is -2.25. The van der Waals surface area contributed by atoms with Crippen LogP contribution >= 0.6 is 15.9 Å². The van der Waals surface area contributed by atoms with Crippen molar-refractivity contribution in [2.24, 2.45) is 0 Å². The molecule has 18 heavy (non-hydrogen) atoms. The van der Waals surface area contributed by atoms with Crippen LogP contribution in [0.2, 0.25) is 0 Å². The maximum atomic E-state index is 12.3. The second kappa shape index (κ2) is 6.48. The molecule has 0 saturated carbocycles. The van der Waals surface area contributed by atoms with Gasteiger partial charge in [-0.2, -0.15) is 8.78 Å². The molecule has 0 bridgehead atoms. The minimum absolute atomic E-state index is 0.0373. The van der Waals surface area contributed by atoms with Crippen LogP contribution in [-0.2, 0) is 6.54 Å². The molecular formula is C13H18BrF2NO. The lowest BCUT2D eigenvalue weighted by Crippen LogP contribution is -2.37. The number of rotatable bonds is 6. The van der Waals surface area contributed by atoms with E-state index in [-0.39, 0.29) is 11.3 Å². The average Bonchev–Trinajstić information content (AvgIpc) is 2.29. The molecule has 2 nitrogen and oxygen atoms in total. The highest BCUT2D eigenvalue weighted by Gasteiger charge is 2.16. The Balaban J connectivity index is 2.82. The minimum atomic E-state index is -2.80. The Bertz CT molecular complexity index is 397. The summed E-state index contributed by atoms with van der Waals surface area (Å²) in [6.07, 6.45) is 0.950. The molecule has 1 rings (SSSR count). The molecule has 102 valence electrons. The van der Waals surface area contributed by atoms with Gasteiger partial charge < -0.3 is 10.1 Å². The maximum absolute atomic E-state index is 12.3. The van der Waals surface area contributed by atoms with Gasteiger partial charge in [0.25, 0.3) is 0 Å². The summed E-state index contributed by atoms with van der Waals surface area (Å²) in [6.45, 7) is 3.90. The molecular weight excluding hydrogens is 304 g/mol. The van der Waals surface area contributed by atoms with E-state index in [2.05, 4.69) is 46.8 Å². The zero-order valence-electron chi connectivity index (χ0n) is 10.8. The summed E-state index contributed by atoms with van der Waals surface area (Å²) in [7, 11) is 0. The lowest BCUT2D eigenvalue weighted by atomic mass is 10.0. The zero-order valence-corrected chi connectivity index (χ0v) is 12.4. The van der Waals surface area contributed by atoms with E-state index < -0.39 is 6.61 Å². The smallest absolute Gasteiger partial charge is 0.387 e. The second-order valence-corrected chi connectivity index (χ2v) is 5.64. The Hall–Kier alpha value is -0.680. The van der Waals surface area contributed by atoms with Gasteiger partial charge in [0.2, 0.25) is 0 Å².